The summed E-state index contributed by atoms with van der Waals surface area (Å²) in [5, 5.41) is 0. The third-order valence-corrected chi connectivity index (χ3v) is 5.41. The van der Waals surface area contributed by atoms with Crippen molar-refractivity contribution in [3.8, 4) is 11.5 Å². The number of aryl methyl sites for hydroxylation is 1. The van der Waals surface area contributed by atoms with Crippen LogP contribution in [0.15, 0.2) is 36.4 Å². The van der Waals surface area contributed by atoms with Crippen LogP contribution < -0.4 is 15.2 Å². The first kappa shape index (κ1) is 18.7. The monoisotopic (exact) mass is 354 g/mol. The molecule has 2 atom stereocenters. The van der Waals surface area contributed by atoms with E-state index in [-0.39, 0.29) is 12.1 Å². The molecule has 0 aliphatic carbocycles. The van der Waals surface area contributed by atoms with Gasteiger partial charge in [0.15, 0.2) is 11.5 Å². The van der Waals surface area contributed by atoms with Gasteiger partial charge in [0.1, 0.15) is 0 Å². The number of hydrogen-bond donors (Lipinski definition) is 1. The molecule has 4 nitrogen and oxygen atoms in total. The molecule has 0 unspecified atom stereocenters. The summed E-state index contributed by atoms with van der Waals surface area (Å²) in [6.45, 7) is 6.18. The summed E-state index contributed by atoms with van der Waals surface area (Å²) in [4.78, 5) is 2.51. The topological polar surface area (TPSA) is 47.7 Å². The predicted molar refractivity (Wildman–Crippen MR) is 106 cm³/mol. The maximum atomic E-state index is 6.58. The standard InChI is InChI=1S/C22H30N2O2/c1-5-19(23)22-18-13-21(26-4)20(25-3)12-17(18)10-11-24(22)14-16-8-6-15(2)7-9-16/h6-9,12-13,19,22H,5,10-11,14,23H2,1-4H3/t19-,22-/m1/s1. The molecule has 3 rings (SSSR count). The lowest BCUT2D eigenvalue weighted by molar-refractivity contribution is 0.149. The van der Waals surface area contributed by atoms with Gasteiger partial charge in [0.25, 0.3) is 0 Å². The zero-order valence-electron chi connectivity index (χ0n) is 16.3. The Morgan fingerprint density at radius 3 is 2.38 bits per heavy atom. The van der Waals surface area contributed by atoms with Gasteiger partial charge >= 0.3 is 0 Å². The Balaban J connectivity index is 1.96. The van der Waals surface area contributed by atoms with Gasteiger partial charge in [-0.25, -0.2) is 0 Å². The van der Waals surface area contributed by atoms with Crippen LogP contribution in [0, 0.1) is 6.92 Å². The molecule has 2 N–H and O–H groups in total. The maximum Gasteiger partial charge on any atom is 0.161 e. The van der Waals surface area contributed by atoms with E-state index < -0.39 is 0 Å². The molecule has 0 aromatic heterocycles. The Hall–Kier alpha value is -2.04. The minimum Gasteiger partial charge on any atom is -0.493 e. The van der Waals surface area contributed by atoms with E-state index in [2.05, 4.69) is 55.1 Å². The highest BCUT2D eigenvalue weighted by atomic mass is 16.5. The van der Waals surface area contributed by atoms with Gasteiger partial charge in [0.2, 0.25) is 0 Å². The molecule has 26 heavy (non-hydrogen) atoms. The van der Waals surface area contributed by atoms with Crippen LogP contribution >= 0.6 is 0 Å². The molecule has 0 radical (unpaired) electrons. The third kappa shape index (κ3) is 3.71. The van der Waals surface area contributed by atoms with Crippen LogP contribution in [-0.4, -0.2) is 31.7 Å². The molecule has 0 bridgehead atoms. The zero-order chi connectivity index (χ0) is 18.7. The van der Waals surface area contributed by atoms with E-state index in [0.29, 0.717) is 0 Å². The average Bonchev–Trinajstić information content (AvgIpc) is 2.67. The van der Waals surface area contributed by atoms with Gasteiger partial charge in [-0.3, -0.25) is 4.90 Å². The Morgan fingerprint density at radius 2 is 1.77 bits per heavy atom. The fraction of sp³-hybridized carbons (Fsp3) is 0.455. The molecule has 1 aliphatic rings. The summed E-state index contributed by atoms with van der Waals surface area (Å²) < 4.78 is 11.0. The number of hydrogen-bond acceptors (Lipinski definition) is 4. The summed E-state index contributed by atoms with van der Waals surface area (Å²) in [6, 6.07) is 13.3. The molecular formula is C22H30N2O2. The summed E-state index contributed by atoms with van der Waals surface area (Å²) in [5.41, 5.74) is 11.8. The van der Waals surface area contributed by atoms with Gasteiger partial charge < -0.3 is 15.2 Å². The summed E-state index contributed by atoms with van der Waals surface area (Å²) >= 11 is 0. The quantitative estimate of drug-likeness (QED) is 0.856. The molecule has 0 saturated carbocycles. The highest BCUT2D eigenvalue weighted by Gasteiger charge is 2.32. The predicted octanol–water partition coefficient (Wildman–Crippen LogP) is 3.85. The van der Waals surface area contributed by atoms with Crippen LogP contribution in [0.5, 0.6) is 11.5 Å². The van der Waals surface area contributed by atoms with Crippen molar-refractivity contribution in [3.05, 3.63) is 58.7 Å². The van der Waals surface area contributed by atoms with Crippen LogP contribution in [0.2, 0.25) is 0 Å². The molecule has 0 spiro atoms. The lowest BCUT2D eigenvalue weighted by Gasteiger charge is -2.40. The van der Waals surface area contributed by atoms with Crippen molar-refractivity contribution in [1.29, 1.82) is 0 Å². The number of nitrogens with zero attached hydrogens (tertiary/aromatic N) is 1. The third-order valence-electron chi connectivity index (χ3n) is 5.41. The zero-order valence-corrected chi connectivity index (χ0v) is 16.3. The first-order valence-electron chi connectivity index (χ1n) is 9.37. The number of fused-ring (bicyclic) bond motifs is 1. The molecule has 1 heterocycles. The van der Waals surface area contributed by atoms with Crippen molar-refractivity contribution in [3.63, 3.8) is 0 Å². The molecule has 2 aromatic rings. The second kappa shape index (κ2) is 8.11. The second-order valence-corrected chi connectivity index (χ2v) is 7.13. The molecular weight excluding hydrogens is 324 g/mol. The van der Waals surface area contributed by atoms with Crippen LogP contribution in [0.3, 0.4) is 0 Å². The summed E-state index contributed by atoms with van der Waals surface area (Å²) in [7, 11) is 3.37. The minimum absolute atomic E-state index is 0.0811. The van der Waals surface area contributed by atoms with Gasteiger partial charge in [-0.1, -0.05) is 36.8 Å². The van der Waals surface area contributed by atoms with Gasteiger partial charge in [-0.15, -0.1) is 0 Å². The lowest BCUT2D eigenvalue weighted by atomic mass is 9.86. The van der Waals surface area contributed by atoms with Crippen molar-refractivity contribution in [2.24, 2.45) is 5.73 Å². The molecule has 0 saturated heterocycles. The van der Waals surface area contributed by atoms with Crippen molar-refractivity contribution >= 4 is 0 Å². The molecule has 140 valence electrons. The van der Waals surface area contributed by atoms with E-state index in [1.165, 1.54) is 22.3 Å². The van der Waals surface area contributed by atoms with Gasteiger partial charge in [-0.2, -0.15) is 0 Å². The Labute approximate surface area is 156 Å². The average molecular weight is 354 g/mol. The first-order valence-corrected chi connectivity index (χ1v) is 9.37. The molecule has 0 amide bonds. The van der Waals surface area contributed by atoms with Gasteiger partial charge in [-0.05, 0) is 48.6 Å². The maximum absolute atomic E-state index is 6.58. The number of ether oxygens (including phenoxy) is 2. The van der Waals surface area contributed by atoms with Gasteiger partial charge in [0, 0.05) is 19.1 Å². The van der Waals surface area contributed by atoms with Crippen molar-refractivity contribution < 1.29 is 9.47 Å². The van der Waals surface area contributed by atoms with Gasteiger partial charge in [0.05, 0.1) is 20.3 Å². The first-order chi connectivity index (χ1) is 12.6. The number of nitrogens with two attached hydrogens (primary N) is 1. The second-order valence-electron chi connectivity index (χ2n) is 7.13. The highest BCUT2D eigenvalue weighted by molar-refractivity contribution is 5.50. The van der Waals surface area contributed by atoms with E-state index in [9.17, 15) is 0 Å². The SMILES string of the molecule is CC[C@@H](N)[C@H]1c2cc(OC)c(OC)cc2CCN1Cc1ccc(C)cc1. The fourth-order valence-electron chi connectivity index (χ4n) is 3.86. The van der Waals surface area contributed by atoms with E-state index >= 15 is 0 Å². The normalized spacial score (nSPS) is 18.3. The number of methoxy groups -OCH3 is 2. The Bertz CT molecular complexity index is 743. The highest BCUT2D eigenvalue weighted by Crippen LogP contribution is 2.40. The summed E-state index contributed by atoms with van der Waals surface area (Å²) in [6.07, 6.45) is 1.93. The largest absolute Gasteiger partial charge is 0.493 e. The number of rotatable bonds is 6. The molecule has 0 fully saturated rings. The number of benzene rings is 2. The van der Waals surface area contributed by atoms with E-state index in [1.807, 2.05) is 0 Å². The Kier molecular flexibility index (Phi) is 5.84. The lowest BCUT2D eigenvalue weighted by Crippen LogP contribution is -2.44. The van der Waals surface area contributed by atoms with E-state index in [0.717, 1.165) is 37.4 Å². The van der Waals surface area contributed by atoms with Crippen LogP contribution in [0.1, 0.15) is 41.6 Å². The minimum atomic E-state index is 0.0811. The van der Waals surface area contributed by atoms with Crippen molar-refractivity contribution in [1.82, 2.24) is 4.90 Å². The van der Waals surface area contributed by atoms with Crippen LogP contribution in [-0.2, 0) is 13.0 Å². The smallest absolute Gasteiger partial charge is 0.161 e. The van der Waals surface area contributed by atoms with Crippen molar-refractivity contribution in [2.45, 2.75) is 45.3 Å². The molecule has 2 aromatic carbocycles. The fourth-order valence-corrected chi connectivity index (χ4v) is 3.86. The van der Waals surface area contributed by atoms with E-state index in [1.54, 1.807) is 14.2 Å². The van der Waals surface area contributed by atoms with Crippen LogP contribution in [0.4, 0.5) is 0 Å². The molecule has 4 heteroatoms. The Morgan fingerprint density at radius 1 is 1.12 bits per heavy atom. The summed E-state index contributed by atoms with van der Waals surface area (Å²) in [5.74, 6) is 1.57. The van der Waals surface area contributed by atoms with Crippen LogP contribution in [0.25, 0.3) is 0 Å². The van der Waals surface area contributed by atoms with Crippen molar-refractivity contribution in [2.75, 3.05) is 20.8 Å². The molecule has 1 aliphatic heterocycles. The van der Waals surface area contributed by atoms with E-state index in [4.69, 9.17) is 15.2 Å².